The molecule has 0 aliphatic carbocycles. The molecule has 0 aromatic carbocycles. The lowest BCUT2D eigenvalue weighted by molar-refractivity contribution is -0.124. The van der Waals surface area contributed by atoms with Gasteiger partial charge in [0.05, 0.1) is 31.6 Å². The van der Waals surface area contributed by atoms with Crippen LogP contribution in [0.25, 0.3) is 11.0 Å². The van der Waals surface area contributed by atoms with Crippen LogP contribution in [0.3, 0.4) is 0 Å². The first kappa shape index (κ1) is 19.2. The summed E-state index contributed by atoms with van der Waals surface area (Å²) in [5.41, 5.74) is -2.60. The van der Waals surface area contributed by atoms with Crippen molar-refractivity contribution in [2.45, 2.75) is 37.0 Å². The molecule has 0 spiro atoms. The molecule has 3 aliphatic heterocycles. The van der Waals surface area contributed by atoms with Gasteiger partial charge in [-0.1, -0.05) is 5.92 Å². The highest BCUT2D eigenvalue weighted by atomic mass is 19.2. The third-order valence-electron chi connectivity index (χ3n) is 6.53. The van der Waals surface area contributed by atoms with Gasteiger partial charge in [0.25, 0.3) is 5.91 Å². The Morgan fingerprint density at radius 1 is 1.20 bits per heavy atom. The van der Waals surface area contributed by atoms with Gasteiger partial charge in [0, 0.05) is 19.4 Å². The SMILES string of the molecule is CC#CC(=O)N1C[C@@]2(F)CN(c3ncnc4[nH]cc(C5CCOCC5)c34)C[C@@]2(F)C1. The van der Waals surface area contributed by atoms with E-state index in [0.29, 0.717) is 30.6 Å². The quantitative estimate of drug-likeness (QED) is 0.759. The van der Waals surface area contributed by atoms with E-state index >= 15 is 8.78 Å². The van der Waals surface area contributed by atoms with Crippen molar-refractivity contribution in [3.63, 3.8) is 0 Å². The number of aromatic nitrogens is 3. The van der Waals surface area contributed by atoms with Crippen LogP contribution >= 0.6 is 0 Å². The molecule has 2 atom stereocenters. The molecule has 5 rings (SSSR count). The van der Waals surface area contributed by atoms with Gasteiger partial charge < -0.3 is 19.5 Å². The average molecular weight is 415 g/mol. The van der Waals surface area contributed by atoms with E-state index in [0.717, 1.165) is 23.8 Å². The van der Waals surface area contributed by atoms with Gasteiger partial charge >= 0.3 is 0 Å². The summed E-state index contributed by atoms with van der Waals surface area (Å²) in [5, 5.41) is 0.821. The number of ether oxygens (including phenoxy) is 1. The molecule has 1 N–H and O–H groups in total. The number of nitrogens with zero attached hydrogens (tertiary/aromatic N) is 4. The van der Waals surface area contributed by atoms with Crippen molar-refractivity contribution in [3.8, 4) is 11.8 Å². The first-order valence-electron chi connectivity index (χ1n) is 10.2. The summed E-state index contributed by atoms with van der Waals surface area (Å²) in [6.45, 7) is 1.96. The highest BCUT2D eigenvalue weighted by Gasteiger charge is 2.66. The minimum absolute atomic E-state index is 0.169. The molecule has 3 aliphatic rings. The van der Waals surface area contributed by atoms with E-state index in [1.54, 1.807) is 4.90 Å². The Balaban J connectivity index is 1.47. The molecular weight excluding hydrogens is 392 g/mol. The van der Waals surface area contributed by atoms with Crippen LogP contribution in [0.4, 0.5) is 14.6 Å². The molecule has 2 aromatic heterocycles. The molecular formula is C21H23F2N5O2. The fourth-order valence-electron chi connectivity index (χ4n) is 5.01. The monoisotopic (exact) mass is 415 g/mol. The highest BCUT2D eigenvalue weighted by molar-refractivity contribution is 5.94. The van der Waals surface area contributed by atoms with Crippen LogP contribution in [0, 0.1) is 11.8 Å². The molecule has 3 saturated heterocycles. The van der Waals surface area contributed by atoms with Crippen molar-refractivity contribution in [3.05, 3.63) is 18.1 Å². The van der Waals surface area contributed by atoms with E-state index in [-0.39, 0.29) is 26.2 Å². The Morgan fingerprint density at radius 3 is 2.57 bits per heavy atom. The maximum atomic E-state index is 15.7. The molecule has 0 bridgehead atoms. The van der Waals surface area contributed by atoms with Gasteiger partial charge in [-0.05, 0) is 37.2 Å². The number of anilines is 1. The molecule has 0 radical (unpaired) electrons. The predicted molar refractivity (Wildman–Crippen MR) is 107 cm³/mol. The van der Waals surface area contributed by atoms with E-state index < -0.39 is 17.2 Å². The molecule has 9 heteroatoms. The summed E-state index contributed by atoms with van der Waals surface area (Å²) in [6.07, 6.45) is 5.11. The van der Waals surface area contributed by atoms with E-state index in [1.807, 2.05) is 6.20 Å². The Bertz CT molecular complexity index is 1040. The van der Waals surface area contributed by atoms with Gasteiger partial charge in [-0.3, -0.25) is 4.79 Å². The molecule has 7 nitrogen and oxygen atoms in total. The topological polar surface area (TPSA) is 74.4 Å². The molecule has 0 saturated carbocycles. The number of fused-ring (bicyclic) bond motifs is 2. The number of alkyl halides is 2. The number of amides is 1. The van der Waals surface area contributed by atoms with E-state index in [4.69, 9.17) is 4.74 Å². The Kier molecular flexibility index (Phi) is 4.43. The molecule has 5 heterocycles. The lowest BCUT2D eigenvalue weighted by Crippen LogP contribution is -2.44. The maximum absolute atomic E-state index is 15.7. The fraction of sp³-hybridized carbons (Fsp3) is 0.571. The van der Waals surface area contributed by atoms with Gasteiger partial charge in [-0.15, -0.1) is 0 Å². The van der Waals surface area contributed by atoms with Gasteiger partial charge in [0.1, 0.15) is 17.8 Å². The number of rotatable bonds is 2. The number of carbonyl (C=O) groups excluding carboxylic acids is 1. The van der Waals surface area contributed by atoms with Crippen LogP contribution in [0.15, 0.2) is 12.5 Å². The number of H-pyrrole nitrogens is 1. The zero-order chi connectivity index (χ0) is 20.9. The minimum Gasteiger partial charge on any atom is -0.381 e. The number of hydrogen-bond donors (Lipinski definition) is 1. The van der Waals surface area contributed by atoms with Crippen molar-refractivity contribution in [2.24, 2.45) is 0 Å². The standard InChI is InChI=1S/C21H23F2N5O2/c1-2-3-16(29)27-9-20(22)11-28(12-21(20,23)10-27)19-17-15(14-4-6-30-7-5-14)8-24-18(17)25-13-26-19/h8,13-14H,4-7,9-12H2,1H3,(H,24,25,26)/t20-,21+. The molecule has 0 unspecified atom stereocenters. The third kappa shape index (κ3) is 2.85. The number of likely N-dealkylation sites (tertiary alicyclic amines) is 1. The summed E-state index contributed by atoms with van der Waals surface area (Å²) in [6, 6.07) is 0. The average Bonchev–Trinajstić information content (AvgIpc) is 3.35. The smallest absolute Gasteiger partial charge is 0.298 e. The Hall–Kier alpha value is -2.73. The second-order valence-corrected chi connectivity index (χ2v) is 8.37. The van der Waals surface area contributed by atoms with Crippen LogP contribution < -0.4 is 4.90 Å². The van der Waals surface area contributed by atoms with Gasteiger partial charge in [-0.2, -0.15) is 0 Å². The predicted octanol–water partition coefficient (Wildman–Crippen LogP) is 1.95. The normalized spacial score (nSPS) is 29.2. The van der Waals surface area contributed by atoms with Crippen molar-refractivity contribution in [2.75, 3.05) is 44.3 Å². The van der Waals surface area contributed by atoms with E-state index in [2.05, 4.69) is 26.8 Å². The largest absolute Gasteiger partial charge is 0.381 e. The summed E-state index contributed by atoms with van der Waals surface area (Å²) in [4.78, 5) is 26.8. The maximum Gasteiger partial charge on any atom is 0.298 e. The fourth-order valence-corrected chi connectivity index (χ4v) is 5.01. The number of aromatic amines is 1. The van der Waals surface area contributed by atoms with E-state index in [9.17, 15) is 4.79 Å². The zero-order valence-electron chi connectivity index (χ0n) is 16.8. The number of carbonyl (C=O) groups is 1. The lowest BCUT2D eigenvalue weighted by Gasteiger charge is -2.25. The van der Waals surface area contributed by atoms with Crippen molar-refractivity contribution in [1.82, 2.24) is 19.9 Å². The van der Waals surface area contributed by atoms with Crippen LogP contribution in [0.5, 0.6) is 0 Å². The van der Waals surface area contributed by atoms with Crippen LogP contribution in [-0.2, 0) is 9.53 Å². The summed E-state index contributed by atoms with van der Waals surface area (Å²) < 4.78 is 36.9. The van der Waals surface area contributed by atoms with Crippen molar-refractivity contribution >= 4 is 22.8 Å². The molecule has 1 amide bonds. The molecule has 158 valence electrons. The second-order valence-electron chi connectivity index (χ2n) is 8.37. The third-order valence-corrected chi connectivity index (χ3v) is 6.53. The second kappa shape index (κ2) is 6.91. The van der Waals surface area contributed by atoms with Crippen molar-refractivity contribution < 1.29 is 18.3 Å². The van der Waals surface area contributed by atoms with E-state index in [1.165, 1.54) is 18.2 Å². The Morgan fingerprint density at radius 2 is 1.90 bits per heavy atom. The summed E-state index contributed by atoms with van der Waals surface area (Å²) in [7, 11) is 0. The van der Waals surface area contributed by atoms with Crippen LogP contribution in [0.2, 0.25) is 0 Å². The first-order valence-corrected chi connectivity index (χ1v) is 10.2. The van der Waals surface area contributed by atoms with Crippen LogP contribution in [0.1, 0.15) is 31.2 Å². The molecule has 30 heavy (non-hydrogen) atoms. The Labute approximate surface area is 172 Å². The van der Waals surface area contributed by atoms with Crippen molar-refractivity contribution in [1.29, 1.82) is 0 Å². The highest BCUT2D eigenvalue weighted by Crippen LogP contribution is 2.47. The zero-order valence-corrected chi connectivity index (χ0v) is 16.8. The van der Waals surface area contributed by atoms with Gasteiger partial charge in [0.15, 0.2) is 11.3 Å². The molecule has 3 fully saturated rings. The number of hydrogen-bond acceptors (Lipinski definition) is 5. The lowest BCUT2D eigenvalue weighted by atomic mass is 9.92. The van der Waals surface area contributed by atoms with Crippen LogP contribution in [-0.4, -0.2) is 76.5 Å². The molecule has 2 aromatic rings. The number of nitrogens with one attached hydrogen (secondary N) is 1. The van der Waals surface area contributed by atoms with Gasteiger partial charge in [0.2, 0.25) is 0 Å². The summed E-state index contributed by atoms with van der Waals surface area (Å²) >= 11 is 0. The van der Waals surface area contributed by atoms with Gasteiger partial charge in [-0.25, -0.2) is 18.7 Å². The minimum atomic E-state index is -2.16. The summed E-state index contributed by atoms with van der Waals surface area (Å²) in [5.74, 6) is 5.16. The first-order chi connectivity index (χ1) is 14.4. The number of halogens is 2.